The number of nitrogens with one attached hydrogen (secondary N) is 1. The van der Waals surface area contributed by atoms with E-state index in [9.17, 15) is 14.7 Å². The van der Waals surface area contributed by atoms with E-state index in [-0.39, 0.29) is 26.0 Å². The molecule has 1 aliphatic rings. The average molecular weight is 553 g/mol. The maximum atomic E-state index is 11.7. The number of amides is 1. The predicted molar refractivity (Wildman–Crippen MR) is 146 cm³/mol. The molecule has 11 heteroatoms. The molecule has 1 fully saturated rings. The highest BCUT2D eigenvalue weighted by Crippen LogP contribution is 2.36. The Kier molecular flexibility index (Phi) is 9.70. The summed E-state index contributed by atoms with van der Waals surface area (Å²) in [5.41, 5.74) is 4.28. The van der Waals surface area contributed by atoms with Crippen molar-refractivity contribution >= 4 is 11.9 Å². The normalized spacial score (nSPS) is 14.2. The third-order valence-electron chi connectivity index (χ3n) is 6.99. The highest BCUT2D eigenvalue weighted by Gasteiger charge is 2.22. The lowest BCUT2D eigenvalue weighted by Gasteiger charge is -2.17. The lowest BCUT2D eigenvalue weighted by atomic mass is 10.0. The molecule has 1 aromatic carbocycles. The van der Waals surface area contributed by atoms with Crippen LogP contribution in [0.15, 0.2) is 28.8 Å². The average Bonchev–Trinajstić information content (AvgIpc) is 3.67. The zero-order chi connectivity index (χ0) is 28.6. The van der Waals surface area contributed by atoms with Gasteiger partial charge in [0.15, 0.2) is 0 Å². The number of methoxy groups -OCH3 is 1. The van der Waals surface area contributed by atoms with Gasteiger partial charge in [0.25, 0.3) is 5.89 Å². The number of aryl methyl sites for hydroxylation is 2. The standard InChI is InChI=1S/C29H36N4O7/c1-4-18-12-20(11-17(2)27(18)39-16-22(34)15-30-24(35)9-10-26(36)37)28-32-29(40-33-28)21-13-23(19-7-5-6-8-19)31-25(14-21)38-3/h11-14,19,22,34H,4-10,15-16H2,1-3H3,(H,30,35)(H,36,37). The minimum absolute atomic E-state index is 0.0358. The van der Waals surface area contributed by atoms with Crippen molar-refractivity contribution < 1.29 is 33.8 Å². The second-order valence-corrected chi connectivity index (χ2v) is 10.0. The summed E-state index contributed by atoms with van der Waals surface area (Å²) >= 11 is 0. The van der Waals surface area contributed by atoms with Gasteiger partial charge in [-0.3, -0.25) is 9.59 Å². The van der Waals surface area contributed by atoms with Crippen molar-refractivity contribution in [2.45, 2.75) is 70.8 Å². The van der Waals surface area contributed by atoms with Gasteiger partial charge in [-0.15, -0.1) is 0 Å². The van der Waals surface area contributed by atoms with Crippen LogP contribution in [0, 0.1) is 6.92 Å². The van der Waals surface area contributed by atoms with Crippen molar-refractivity contribution in [3.8, 4) is 34.5 Å². The number of benzene rings is 1. The summed E-state index contributed by atoms with van der Waals surface area (Å²) in [5, 5.41) is 25.7. The molecule has 1 saturated carbocycles. The van der Waals surface area contributed by atoms with Gasteiger partial charge >= 0.3 is 5.97 Å². The summed E-state index contributed by atoms with van der Waals surface area (Å²) < 4.78 is 17.0. The number of nitrogens with zero attached hydrogens (tertiary/aromatic N) is 3. The molecule has 3 aromatic rings. The van der Waals surface area contributed by atoms with E-state index in [1.54, 1.807) is 13.2 Å². The molecule has 2 heterocycles. The molecule has 0 saturated heterocycles. The monoisotopic (exact) mass is 552 g/mol. The Bertz CT molecular complexity index is 1330. The van der Waals surface area contributed by atoms with E-state index < -0.39 is 18.0 Å². The Morgan fingerprint density at radius 3 is 2.60 bits per heavy atom. The Balaban J connectivity index is 1.45. The lowest BCUT2D eigenvalue weighted by molar-refractivity contribution is -0.138. The molecule has 0 spiro atoms. The van der Waals surface area contributed by atoms with Crippen LogP contribution in [0.2, 0.25) is 0 Å². The number of carboxylic acid groups (broad SMARTS) is 1. The summed E-state index contributed by atoms with van der Waals surface area (Å²) in [7, 11) is 1.60. The number of carboxylic acids is 1. The molecule has 1 atom stereocenters. The number of aliphatic hydroxyl groups is 1. The molecule has 1 amide bonds. The summed E-state index contributed by atoms with van der Waals surface area (Å²) in [6, 6.07) is 7.65. The molecule has 11 nitrogen and oxygen atoms in total. The van der Waals surface area contributed by atoms with Gasteiger partial charge < -0.3 is 29.5 Å². The van der Waals surface area contributed by atoms with E-state index in [2.05, 4.69) is 20.4 Å². The van der Waals surface area contributed by atoms with Crippen LogP contribution in [-0.2, 0) is 16.0 Å². The van der Waals surface area contributed by atoms with Gasteiger partial charge in [-0.25, -0.2) is 4.98 Å². The molecular weight excluding hydrogens is 516 g/mol. The van der Waals surface area contributed by atoms with Crippen molar-refractivity contribution in [2.75, 3.05) is 20.3 Å². The van der Waals surface area contributed by atoms with Crippen molar-refractivity contribution in [3.05, 3.63) is 41.1 Å². The van der Waals surface area contributed by atoms with Crippen LogP contribution in [0.3, 0.4) is 0 Å². The van der Waals surface area contributed by atoms with E-state index in [4.69, 9.17) is 19.1 Å². The molecule has 4 rings (SSSR count). The lowest BCUT2D eigenvalue weighted by Crippen LogP contribution is -2.35. The Hall–Kier alpha value is -3.99. The van der Waals surface area contributed by atoms with E-state index in [1.807, 2.05) is 32.0 Å². The number of ether oxygens (including phenoxy) is 2. The van der Waals surface area contributed by atoms with Crippen molar-refractivity contribution in [3.63, 3.8) is 0 Å². The van der Waals surface area contributed by atoms with Crippen LogP contribution in [0.5, 0.6) is 11.6 Å². The number of aromatic nitrogens is 3. The third-order valence-corrected chi connectivity index (χ3v) is 6.99. The molecule has 40 heavy (non-hydrogen) atoms. The van der Waals surface area contributed by atoms with Crippen LogP contribution in [0.1, 0.15) is 68.2 Å². The predicted octanol–water partition coefficient (Wildman–Crippen LogP) is 4.06. The molecule has 0 aliphatic heterocycles. The summed E-state index contributed by atoms with van der Waals surface area (Å²) in [6.45, 7) is 3.83. The fraction of sp³-hybridized carbons (Fsp3) is 0.483. The first kappa shape index (κ1) is 29.0. The molecule has 0 radical (unpaired) electrons. The van der Waals surface area contributed by atoms with Gasteiger partial charge in [0, 0.05) is 41.8 Å². The first-order valence-corrected chi connectivity index (χ1v) is 13.6. The first-order valence-electron chi connectivity index (χ1n) is 13.6. The smallest absolute Gasteiger partial charge is 0.303 e. The number of hydrogen-bond donors (Lipinski definition) is 3. The van der Waals surface area contributed by atoms with Crippen molar-refractivity contribution in [1.29, 1.82) is 0 Å². The SMILES string of the molecule is CCc1cc(-c2noc(-c3cc(OC)nc(C4CCCC4)c3)n2)cc(C)c1OCC(O)CNC(=O)CCC(=O)O. The van der Waals surface area contributed by atoms with Crippen LogP contribution in [-0.4, -0.2) is 63.6 Å². The highest BCUT2D eigenvalue weighted by atomic mass is 16.5. The zero-order valence-electron chi connectivity index (χ0n) is 23.1. The largest absolute Gasteiger partial charge is 0.490 e. The van der Waals surface area contributed by atoms with Crippen LogP contribution >= 0.6 is 0 Å². The molecule has 0 bridgehead atoms. The van der Waals surface area contributed by atoms with E-state index in [1.165, 1.54) is 12.8 Å². The number of carbonyl (C=O) groups excluding carboxylic acids is 1. The van der Waals surface area contributed by atoms with Gasteiger partial charge in [0.2, 0.25) is 17.6 Å². The second kappa shape index (κ2) is 13.4. The summed E-state index contributed by atoms with van der Waals surface area (Å²) in [5.74, 6) is 0.924. The minimum Gasteiger partial charge on any atom is -0.490 e. The van der Waals surface area contributed by atoms with Crippen LogP contribution < -0.4 is 14.8 Å². The highest BCUT2D eigenvalue weighted by molar-refractivity contribution is 5.80. The summed E-state index contributed by atoms with van der Waals surface area (Å²) in [6.07, 6.45) is 3.94. The third kappa shape index (κ3) is 7.35. The molecule has 214 valence electrons. The summed E-state index contributed by atoms with van der Waals surface area (Å²) in [4.78, 5) is 31.6. The zero-order valence-corrected chi connectivity index (χ0v) is 23.1. The number of carbonyl (C=O) groups is 2. The van der Waals surface area contributed by atoms with Gasteiger partial charge in [-0.1, -0.05) is 24.9 Å². The number of aliphatic carboxylic acids is 1. The molecule has 1 aliphatic carbocycles. The number of rotatable bonds is 13. The fourth-order valence-corrected chi connectivity index (χ4v) is 4.87. The quantitative estimate of drug-likeness (QED) is 0.282. The topological polar surface area (TPSA) is 157 Å². The van der Waals surface area contributed by atoms with E-state index in [0.717, 1.165) is 40.8 Å². The molecule has 3 N–H and O–H groups in total. The first-order chi connectivity index (χ1) is 19.3. The van der Waals surface area contributed by atoms with Gasteiger partial charge in [0.05, 0.1) is 13.5 Å². The van der Waals surface area contributed by atoms with Gasteiger partial charge in [-0.2, -0.15) is 4.98 Å². The maximum Gasteiger partial charge on any atom is 0.303 e. The Morgan fingerprint density at radius 2 is 1.90 bits per heavy atom. The van der Waals surface area contributed by atoms with Crippen molar-refractivity contribution in [1.82, 2.24) is 20.4 Å². The molecule has 2 aromatic heterocycles. The maximum absolute atomic E-state index is 11.7. The number of pyridine rings is 1. The molecular formula is C29H36N4O7. The van der Waals surface area contributed by atoms with Crippen molar-refractivity contribution in [2.24, 2.45) is 0 Å². The fourth-order valence-electron chi connectivity index (χ4n) is 4.87. The van der Waals surface area contributed by atoms with E-state index in [0.29, 0.717) is 35.7 Å². The number of hydrogen-bond acceptors (Lipinski definition) is 9. The minimum atomic E-state index is -1.05. The Labute approximate surface area is 232 Å². The van der Waals surface area contributed by atoms with Crippen LogP contribution in [0.4, 0.5) is 0 Å². The van der Waals surface area contributed by atoms with Gasteiger partial charge in [0.1, 0.15) is 18.5 Å². The molecule has 1 unspecified atom stereocenters. The van der Waals surface area contributed by atoms with Gasteiger partial charge in [-0.05, 0) is 55.5 Å². The second-order valence-electron chi connectivity index (χ2n) is 10.0. The number of aliphatic hydroxyl groups excluding tert-OH is 1. The van der Waals surface area contributed by atoms with E-state index >= 15 is 0 Å². The van der Waals surface area contributed by atoms with Crippen LogP contribution in [0.25, 0.3) is 22.8 Å². The Morgan fingerprint density at radius 1 is 1.12 bits per heavy atom.